The van der Waals surface area contributed by atoms with Gasteiger partial charge in [0.15, 0.2) is 5.15 Å². The first-order chi connectivity index (χ1) is 11.7. The Kier molecular flexibility index (Phi) is 7.52. The van der Waals surface area contributed by atoms with Gasteiger partial charge in [0.2, 0.25) is 5.91 Å². The molecule has 0 bridgehead atoms. The maximum Gasteiger partial charge on any atom is 0.227 e. The van der Waals surface area contributed by atoms with Gasteiger partial charge in [0.1, 0.15) is 5.69 Å². The second-order valence-electron chi connectivity index (χ2n) is 5.00. The highest BCUT2D eigenvalue weighted by atomic mass is 35.5. The topological polar surface area (TPSA) is 51.0 Å². The Morgan fingerprint density at radius 1 is 1.46 bits per heavy atom. The number of hydrogen-bond acceptors (Lipinski definition) is 4. The SMILES string of the molecule is CCN(C(=O)CCSCCCF)c1cn(-c2cccnc2)nc1Cl. The standard InChI is InChI=1S/C16H20ClFN4OS/c1-2-21(15(23)6-10-24-9-4-7-18)14-12-22(20-16(14)17)13-5-3-8-19-11-13/h3,5,8,11-12H,2,4,6-7,9-10H2,1H3. The molecule has 0 atom stereocenters. The molecular weight excluding hydrogens is 351 g/mol. The van der Waals surface area contributed by atoms with Crippen LogP contribution in [0.1, 0.15) is 19.8 Å². The van der Waals surface area contributed by atoms with Crippen LogP contribution in [0, 0.1) is 0 Å². The van der Waals surface area contributed by atoms with Crippen molar-refractivity contribution in [2.24, 2.45) is 0 Å². The summed E-state index contributed by atoms with van der Waals surface area (Å²) >= 11 is 7.81. The van der Waals surface area contributed by atoms with Crippen LogP contribution in [0.15, 0.2) is 30.7 Å². The molecule has 0 aliphatic heterocycles. The van der Waals surface area contributed by atoms with Gasteiger partial charge in [0, 0.05) is 24.9 Å². The number of thioether (sulfide) groups is 1. The van der Waals surface area contributed by atoms with Crippen LogP contribution in [0.2, 0.25) is 5.15 Å². The molecule has 0 unspecified atom stereocenters. The van der Waals surface area contributed by atoms with Crippen molar-refractivity contribution in [1.82, 2.24) is 14.8 Å². The molecule has 0 saturated carbocycles. The van der Waals surface area contributed by atoms with E-state index in [4.69, 9.17) is 11.6 Å². The summed E-state index contributed by atoms with van der Waals surface area (Å²) in [5.74, 6) is 1.39. The van der Waals surface area contributed by atoms with E-state index in [1.165, 1.54) is 0 Å². The number of nitrogens with zero attached hydrogens (tertiary/aromatic N) is 4. The van der Waals surface area contributed by atoms with Gasteiger partial charge in [0.25, 0.3) is 0 Å². The van der Waals surface area contributed by atoms with Gasteiger partial charge in [0.05, 0.1) is 24.8 Å². The van der Waals surface area contributed by atoms with Crippen molar-refractivity contribution in [3.63, 3.8) is 0 Å². The van der Waals surface area contributed by atoms with Crippen molar-refractivity contribution < 1.29 is 9.18 Å². The highest BCUT2D eigenvalue weighted by molar-refractivity contribution is 7.99. The molecule has 1 amide bonds. The minimum Gasteiger partial charge on any atom is -0.308 e. The number of hydrogen-bond donors (Lipinski definition) is 0. The number of carbonyl (C=O) groups is 1. The van der Waals surface area contributed by atoms with Crippen LogP contribution in [0.5, 0.6) is 0 Å². The Balaban J connectivity index is 2.04. The lowest BCUT2D eigenvalue weighted by Gasteiger charge is -2.19. The maximum atomic E-state index is 12.4. The van der Waals surface area contributed by atoms with Crippen LogP contribution in [0.4, 0.5) is 10.1 Å². The number of alkyl halides is 1. The smallest absolute Gasteiger partial charge is 0.227 e. The second kappa shape index (κ2) is 9.64. The minimum absolute atomic E-state index is 0.0158. The second-order valence-corrected chi connectivity index (χ2v) is 6.59. The van der Waals surface area contributed by atoms with Crippen molar-refractivity contribution in [2.45, 2.75) is 19.8 Å². The van der Waals surface area contributed by atoms with Gasteiger partial charge >= 0.3 is 0 Å². The molecule has 0 aromatic carbocycles. The van der Waals surface area contributed by atoms with E-state index in [-0.39, 0.29) is 17.7 Å². The van der Waals surface area contributed by atoms with Crippen LogP contribution in [-0.2, 0) is 4.79 Å². The van der Waals surface area contributed by atoms with Gasteiger partial charge in [-0.3, -0.25) is 14.2 Å². The molecule has 2 heterocycles. The van der Waals surface area contributed by atoms with Crippen molar-refractivity contribution in [3.8, 4) is 5.69 Å². The summed E-state index contributed by atoms with van der Waals surface area (Å²) in [6.45, 7) is 2.09. The lowest BCUT2D eigenvalue weighted by Crippen LogP contribution is -2.30. The monoisotopic (exact) mass is 370 g/mol. The van der Waals surface area contributed by atoms with Gasteiger partial charge in [-0.25, -0.2) is 4.68 Å². The van der Waals surface area contributed by atoms with Crippen molar-refractivity contribution in [3.05, 3.63) is 35.9 Å². The highest BCUT2D eigenvalue weighted by Crippen LogP contribution is 2.26. The molecule has 2 rings (SSSR count). The van der Waals surface area contributed by atoms with E-state index >= 15 is 0 Å². The van der Waals surface area contributed by atoms with Crippen LogP contribution in [-0.4, -0.2) is 45.4 Å². The third kappa shape index (κ3) is 4.95. The molecule has 0 aliphatic rings. The number of halogens is 2. The molecule has 0 fully saturated rings. The first-order valence-corrected chi connectivity index (χ1v) is 9.30. The normalized spacial score (nSPS) is 10.8. The average Bonchev–Trinajstić information content (AvgIpc) is 2.98. The van der Waals surface area contributed by atoms with Gasteiger partial charge in [-0.15, -0.1) is 0 Å². The fourth-order valence-corrected chi connectivity index (χ4v) is 3.25. The summed E-state index contributed by atoms with van der Waals surface area (Å²) in [5, 5.41) is 4.53. The van der Waals surface area contributed by atoms with Crippen LogP contribution < -0.4 is 4.90 Å². The van der Waals surface area contributed by atoms with E-state index in [2.05, 4.69) is 10.1 Å². The molecule has 0 radical (unpaired) electrons. The van der Waals surface area contributed by atoms with E-state index in [1.807, 2.05) is 19.1 Å². The molecule has 2 aromatic heterocycles. The Morgan fingerprint density at radius 2 is 2.29 bits per heavy atom. The zero-order valence-corrected chi connectivity index (χ0v) is 15.1. The fourth-order valence-electron chi connectivity index (χ4n) is 2.18. The van der Waals surface area contributed by atoms with E-state index < -0.39 is 0 Å². The third-order valence-electron chi connectivity index (χ3n) is 3.35. The summed E-state index contributed by atoms with van der Waals surface area (Å²) in [4.78, 5) is 18.1. The van der Waals surface area contributed by atoms with E-state index in [9.17, 15) is 9.18 Å². The van der Waals surface area contributed by atoms with Gasteiger partial charge in [-0.2, -0.15) is 16.9 Å². The third-order valence-corrected chi connectivity index (χ3v) is 4.69. The number of aromatic nitrogens is 3. The number of amides is 1. The molecule has 8 heteroatoms. The molecular formula is C16H20ClFN4OS. The summed E-state index contributed by atoms with van der Waals surface area (Å²) in [6.07, 6.45) is 6.00. The lowest BCUT2D eigenvalue weighted by molar-refractivity contribution is -0.118. The van der Waals surface area contributed by atoms with E-state index in [1.54, 1.807) is 39.9 Å². The van der Waals surface area contributed by atoms with Crippen LogP contribution in [0.25, 0.3) is 5.69 Å². The summed E-state index contributed by atoms with van der Waals surface area (Å²) in [7, 11) is 0. The summed E-state index contributed by atoms with van der Waals surface area (Å²) < 4.78 is 13.7. The number of carbonyl (C=O) groups excluding carboxylic acids is 1. The van der Waals surface area contributed by atoms with Crippen molar-refractivity contribution in [2.75, 3.05) is 29.6 Å². The molecule has 0 spiro atoms. The molecule has 2 aromatic rings. The lowest BCUT2D eigenvalue weighted by atomic mass is 10.3. The van der Waals surface area contributed by atoms with E-state index in [0.29, 0.717) is 30.8 Å². The maximum absolute atomic E-state index is 12.4. The van der Waals surface area contributed by atoms with E-state index in [0.717, 1.165) is 11.4 Å². The average molecular weight is 371 g/mol. The Hall–Kier alpha value is -1.60. The number of rotatable bonds is 9. The summed E-state index contributed by atoms with van der Waals surface area (Å²) in [5.41, 5.74) is 1.36. The van der Waals surface area contributed by atoms with Gasteiger partial charge in [-0.05, 0) is 31.2 Å². The minimum atomic E-state index is -0.314. The summed E-state index contributed by atoms with van der Waals surface area (Å²) in [6, 6.07) is 3.67. The molecule has 0 saturated heterocycles. The van der Waals surface area contributed by atoms with Crippen LogP contribution >= 0.6 is 23.4 Å². The van der Waals surface area contributed by atoms with Crippen molar-refractivity contribution in [1.29, 1.82) is 0 Å². The van der Waals surface area contributed by atoms with Crippen LogP contribution in [0.3, 0.4) is 0 Å². The predicted molar refractivity (Wildman–Crippen MR) is 96.9 cm³/mol. The first-order valence-electron chi connectivity index (χ1n) is 7.77. The largest absolute Gasteiger partial charge is 0.308 e. The van der Waals surface area contributed by atoms with Gasteiger partial charge < -0.3 is 4.90 Å². The molecule has 5 nitrogen and oxygen atoms in total. The molecule has 0 N–H and O–H groups in total. The Labute approximate surface area is 150 Å². The Morgan fingerprint density at radius 3 is 2.96 bits per heavy atom. The predicted octanol–water partition coefficient (Wildman–Crippen LogP) is 3.76. The number of pyridine rings is 1. The zero-order chi connectivity index (χ0) is 17.4. The number of anilines is 1. The highest BCUT2D eigenvalue weighted by Gasteiger charge is 2.20. The van der Waals surface area contributed by atoms with Crippen molar-refractivity contribution >= 4 is 35.0 Å². The first kappa shape index (κ1) is 18.7. The Bertz CT molecular complexity index is 653. The molecule has 130 valence electrons. The van der Waals surface area contributed by atoms with Gasteiger partial charge in [-0.1, -0.05) is 11.6 Å². The molecule has 24 heavy (non-hydrogen) atoms. The fraction of sp³-hybridized carbons (Fsp3) is 0.438. The molecule has 0 aliphatic carbocycles. The quantitative estimate of drug-likeness (QED) is 0.631. The zero-order valence-electron chi connectivity index (χ0n) is 13.5.